The van der Waals surface area contributed by atoms with E-state index >= 15 is 0 Å². The van der Waals surface area contributed by atoms with E-state index in [1.807, 2.05) is 17.2 Å². The summed E-state index contributed by atoms with van der Waals surface area (Å²) in [7, 11) is 0. The van der Waals surface area contributed by atoms with Crippen LogP contribution >= 0.6 is 11.3 Å². The predicted molar refractivity (Wildman–Crippen MR) is 68.5 cm³/mol. The zero-order chi connectivity index (χ0) is 12.3. The number of hydrogen-bond donors (Lipinski definition) is 2. The Morgan fingerprint density at radius 2 is 1.94 bits per heavy atom. The van der Waals surface area contributed by atoms with Crippen molar-refractivity contribution >= 4 is 27.4 Å². The van der Waals surface area contributed by atoms with Gasteiger partial charge in [-0.2, -0.15) is 0 Å². The van der Waals surface area contributed by atoms with Crippen molar-refractivity contribution in [2.45, 2.75) is 6.92 Å². The minimum atomic E-state index is 0.0364. The Kier molecular flexibility index (Phi) is 3.88. The van der Waals surface area contributed by atoms with Crippen LogP contribution in [0.3, 0.4) is 0 Å². The number of thiophene rings is 1. The molecule has 0 fully saturated rings. The highest BCUT2D eigenvalue weighted by atomic mass is 32.1. The van der Waals surface area contributed by atoms with E-state index in [2.05, 4.69) is 9.97 Å². The Morgan fingerprint density at radius 1 is 1.24 bits per heavy atom. The van der Waals surface area contributed by atoms with Crippen LogP contribution in [-0.4, -0.2) is 46.5 Å². The molecule has 0 amide bonds. The molecule has 2 aromatic heterocycles. The monoisotopic (exact) mass is 253 g/mol. The quantitative estimate of drug-likeness (QED) is 0.824. The van der Waals surface area contributed by atoms with Crippen LogP contribution in [0.15, 0.2) is 11.7 Å². The van der Waals surface area contributed by atoms with Gasteiger partial charge in [-0.3, -0.25) is 0 Å². The molecule has 2 aromatic rings. The third kappa shape index (κ3) is 2.38. The summed E-state index contributed by atoms with van der Waals surface area (Å²) < 4.78 is 0. The van der Waals surface area contributed by atoms with Crippen LogP contribution in [0.1, 0.15) is 5.56 Å². The molecule has 0 aliphatic heterocycles. The fraction of sp³-hybridized carbons (Fsp3) is 0.455. The molecule has 0 bridgehead atoms. The average Bonchev–Trinajstić information content (AvgIpc) is 2.71. The molecule has 5 nitrogen and oxygen atoms in total. The standard InChI is InChI=1S/C11H15N3O2S/c1-8-6-17-11-9(8)10(12-7-13-11)14(2-4-15)3-5-16/h6-7,15-16H,2-5H2,1H3. The molecule has 17 heavy (non-hydrogen) atoms. The molecule has 0 unspecified atom stereocenters. The first kappa shape index (κ1) is 12.2. The van der Waals surface area contributed by atoms with Gasteiger partial charge in [-0.15, -0.1) is 11.3 Å². The highest BCUT2D eigenvalue weighted by molar-refractivity contribution is 7.17. The summed E-state index contributed by atoms with van der Waals surface area (Å²) in [6.07, 6.45) is 1.52. The summed E-state index contributed by atoms with van der Waals surface area (Å²) >= 11 is 1.58. The van der Waals surface area contributed by atoms with E-state index in [9.17, 15) is 0 Å². The fourth-order valence-corrected chi connectivity index (χ4v) is 2.69. The highest BCUT2D eigenvalue weighted by Gasteiger charge is 2.14. The van der Waals surface area contributed by atoms with Gasteiger partial charge in [-0.25, -0.2) is 9.97 Å². The van der Waals surface area contributed by atoms with Gasteiger partial charge in [-0.05, 0) is 17.9 Å². The van der Waals surface area contributed by atoms with Gasteiger partial charge in [0.05, 0.1) is 18.6 Å². The molecular weight excluding hydrogens is 238 g/mol. The van der Waals surface area contributed by atoms with Crippen LogP contribution in [-0.2, 0) is 0 Å². The van der Waals surface area contributed by atoms with E-state index in [4.69, 9.17) is 10.2 Å². The number of nitrogens with zero attached hydrogens (tertiary/aromatic N) is 3. The van der Waals surface area contributed by atoms with Crippen LogP contribution in [0.25, 0.3) is 10.2 Å². The van der Waals surface area contributed by atoms with Crippen molar-refractivity contribution in [3.8, 4) is 0 Å². The van der Waals surface area contributed by atoms with Crippen LogP contribution in [0.2, 0.25) is 0 Å². The number of aryl methyl sites for hydroxylation is 1. The maximum atomic E-state index is 9.05. The summed E-state index contributed by atoms with van der Waals surface area (Å²) in [5.41, 5.74) is 1.13. The normalized spacial score (nSPS) is 11.0. The molecule has 2 rings (SSSR count). The van der Waals surface area contributed by atoms with Crippen LogP contribution in [0.5, 0.6) is 0 Å². The van der Waals surface area contributed by atoms with Gasteiger partial charge >= 0.3 is 0 Å². The lowest BCUT2D eigenvalue weighted by atomic mass is 10.2. The fourth-order valence-electron chi connectivity index (χ4n) is 1.80. The molecule has 0 radical (unpaired) electrons. The van der Waals surface area contributed by atoms with Crippen LogP contribution in [0, 0.1) is 6.92 Å². The lowest BCUT2D eigenvalue weighted by molar-refractivity contribution is 0.281. The van der Waals surface area contributed by atoms with Crippen LogP contribution in [0.4, 0.5) is 5.82 Å². The predicted octanol–water partition coefficient (Wildman–Crippen LogP) is 0.791. The number of rotatable bonds is 5. The van der Waals surface area contributed by atoms with Crippen molar-refractivity contribution in [2.24, 2.45) is 0 Å². The topological polar surface area (TPSA) is 69.5 Å². The summed E-state index contributed by atoms with van der Waals surface area (Å²) in [6, 6.07) is 0. The molecule has 0 aliphatic carbocycles. The van der Waals surface area contributed by atoms with Gasteiger partial charge in [0.15, 0.2) is 0 Å². The second-order valence-corrected chi connectivity index (χ2v) is 4.59. The van der Waals surface area contributed by atoms with Crippen molar-refractivity contribution in [1.82, 2.24) is 9.97 Å². The molecule has 0 spiro atoms. The van der Waals surface area contributed by atoms with Crippen molar-refractivity contribution < 1.29 is 10.2 Å². The largest absolute Gasteiger partial charge is 0.395 e. The second kappa shape index (κ2) is 5.39. The Balaban J connectivity index is 2.47. The molecule has 0 atom stereocenters. The molecule has 0 saturated carbocycles. The van der Waals surface area contributed by atoms with Gasteiger partial charge in [0.25, 0.3) is 0 Å². The number of aromatic nitrogens is 2. The van der Waals surface area contributed by atoms with E-state index < -0.39 is 0 Å². The van der Waals surface area contributed by atoms with Crippen molar-refractivity contribution in [3.05, 3.63) is 17.3 Å². The van der Waals surface area contributed by atoms with Crippen molar-refractivity contribution in [1.29, 1.82) is 0 Å². The maximum absolute atomic E-state index is 9.05. The third-order valence-electron chi connectivity index (χ3n) is 2.57. The lowest BCUT2D eigenvalue weighted by Crippen LogP contribution is -2.30. The average molecular weight is 253 g/mol. The molecular formula is C11H15N3O2S. The van der Waals surface area contributed by atoms with Gasteiger partial charge in [0.2, 0.25) is 0 Å². The minimum absolute atomic E-state index is 0.0364. The number of anilines is 1. The van der Waals surface area contributed by atoms with Gasteiger partial charge in [0.1, 0.15) is 17.0 Å². The van der Waals surface area contributed by atoms with Crippen molar-refractivity contribution in [2.75, 3.05) is 31.2 Å². The first-order valence-corrected chi connectivity index (χ1v) is 6.31. The minimum Gasteiger partial charge on any atom is -0.395 e. The Bertz CT molecular complexity index is 494. The SMILES string of the molecule is Cc1csc2ncnc(N(CCO)CCO)c12. The number of hydrogen-bond acceptors (Lipinski definition) is 6. The summed E-state index contributed by atoms with van der Waals surface area (Å²) in [6.45, 7) is 3.01. The van der Waals surface area contributed by atoms with E-state index in [1.165, 1.54) is 6.33 Å². The molecule has 2 heterocycles. The van der Waals surface area contributed by atoms with E-state index in [-0.39, 0.29) is 13.2 Å². The smallest absolute Gasteiger partial charge is 0.141 e. The molecule has 6 heteroatoms. The molecule has 0 saturated heterocycles. The summed E-state index contributed by atoms with van der Waals surface area (Å²) in [5, 5.41) is 21.2. The van der Waals surface area contributed by atoms with E-state index in [0.717, 1.165) is 21.6 Å². The lowest BCUT2D eigenvalue weighted by Gasteiger charge is -2.22. The molecule has 0 aromatic carbocycles. The molecule has 2 N–H and O–H groups in total. The van der Waals surface area contributed by atoms with E-state index in [1.54, 1.807) is 11.3 Å². The Morgan fingerprint density at radius 3 is 2.59 bits per heavy atom. The third-order valence-corrected chi connectivity index (χ3v) is 3.58. The number of aliphatic hydroxyl groups excluding tert-OH is 2. The molecule has 92 valence electrons. The van der Waals surface area contributed by atoms with Crippen molar-refractivity contribution in [3.63, 3.8) is 0 Å². The summed E-state index contributed by atoms with van der Waals surface area (Å²) in [5.74, 6) is 0.789. The Hall–Kier alpha value is -1.24. The van der Waals surface area contributed by atoms with Gasteiger partial charge in [0, 0.05) is 13.1 Å². The first-order chi connectivity index (χ1) is 8.27. The number of aliphatic hydroxyl groups is 2. The second-order valence-electron chi connectivity index (χ2n) is 3.73. The first-order valence-electron chi connectivity index (χ1n) is 5.43. The van der Waals surface area contributed by atoms with Gasteiger partial charge < -0.3 is 15.1 Å². The summed E-state index contributed by atoms with van der Waals surface area (Å²) in [4.78, 5) is 11.3. The number of fused-ring (bicyclic) bond motifs is 1. The highest BCUT2D eigenvalue weighted by Crippen LogP contribution is 2.30. The zero-order valence-electron chi connectivity index (χ0n) is 9.63. The van der Waals surface area contributed by atoms with Crippen LogP contribution < -0.4 is 4.90 Å². The molecule has 0 aliphatic rings. The zero-order valence-corrected chi connectivity index (χ0v) is 10.4. The Labute approximate surface area is 103 Å². The van der Waals surface area contributed by atoms with Gasteiger partial charge in [-0.1, -0.05) is 0 Å². The van der Waals surface area contributed by atoms with E-state index in [0.29, 0.717) is 13.1 Å². The maximum Gasteiger partial charge on any atom is 0.141 e.